The number of ether oxygens (including phenoxy) is 1. The van der Waals surface area contributed by atoms with Crippen LogP contribution in [0.3, 0.4) is 0 Å². The number of benzene rings is 1. The molecule has 2 aliphatic carbocycles. The number of amides is 1. The molecule has 2 aromatic rings. The van der Waals surface area contributed by atoms with Crippen LogP contribution >= 0.6 is 0 Å². The molecule has 1 aromatic heterocycles. The van der Waals surface area contributed by atoms with Gasteiger partial charge in [-0.1, -0.05) is 39.6 Å². The van der Waals surface area contributed by atoms with Crippen LogP contribution in [0, 0.1) is 17.3 Å². The zero-order valence-corrected chi connectivity index (χ0v) is 29.9. The molecule has 1 amide bonds. The molecule has 0 spiro atoms. The molecule has 46 heavy (non-hydrogen) atoms. The molecule has 0 bridgehead atoms. The van der Waals surface area contributed by atoms with Gasteiger partial charge in [0.25, 0.3) is 5.92 Å². The minimum atomic E-state index is -4.52. The summed E-state index contributed by atoms with van der Waals surface area (Å²) in [6.07, 6.45) is -3.70. The first-order valence-corrected chi connectivity index (χ1v) is 20.8. The maximum absolute atomic E-state index is 14.2. The van der Waals surface area contributed by atoms with Crippen molar-refractivity contribution in [2.24, 2.45) is 17.3 Å². The number of alkyl halides is 5. The number of hydrogen-bond acceptors (Lipinski definition) is 4. The van der Waals surface area contributed by atoms with Crippen molar-refractivity contribution < 1.29 is 35.7 Å². The van der Waals surface area contributed by atoms with Crippen LogP contribution < -0.4 is 10.0 Å². The number of halogens is 5. The van der Waals surface area contributed by atoms with Gasteiger partial charge in [-0.05, 0) is 69.7 Å². The van der Waals surface area contributed by atoms with Gasteiger partial charge in [0, 0.05) is 33.4 Å². The van der Waals surface area contributed by atoms with E-state index in [0.717, 1.165) is 38.3 Å². The first kappa shape index (κ1) is 36.9. The molecule has 2 aliphatic rings. The van der Waals surface area contributed by atoms with Crippen molar-refractivity contribution in [3.05, 3.63) is 29.6 Å². The van der Waals surface area contributed by atoms with Gasteiger partial charge >= 0.3 is 6.18 Å². The molecule has 7 nitrogen and oxygen atoms in total. The van der Waals surface area contributed by atoms with E-state index in [4.69, 9.17) is 9.72 Å². The molecular formula is C32H49F5N4O3SSi. The summed E-state index contributed by atoms with van der Waals surface area (Å²) in [7, 11) is -3.15. The maximum Gasteiger partial charge on any atom is 0.394 e. The van der Waals surface area contributed by atoms with E-state index < -0.39 is 71.6 Å². The van der Waals surface area contributed by atoms with Gasteiger partial charge < -0.3 is 14.6 Å². The zero-order valence-electron chi connectivity index (χ0n) is 28.1. The molecule has 1 aromatic carbocycles. The predicted octanol–water partition coefficient (Wildman–Crippen LogP) is 8.03. The van der Waals surface area contributed by atoms with Gasteiger partial charge in [0.05, 0.1) is 44.3 Å². The average Bonchev–Trinajstić information content (AvgIpc) is 3.80. The number of aromatic nitrogens is 2. The molecule has 260 valence electrons. The van der Waals surface area contributed by atoms with Crippen LogP contribution in [0.25, 0.3) is 11.0 Å². The third-order valence-electron chi connectivity index (χ3n) is 8.77. The second-order valence-electron chi connectivity index (χ2n) is 15.9. The minimum absolute atomic E-state index is 0.0176. The van der Waals surface area contributed by atoms with Crippen molar-refractivity contribution in [1.82, 2.24) is 19.6 Å². The number of fused-ring (bicyclic) bond motifs is 1. The number of carbonyl (C=O) groups is 1. The summed E-state index contributed by atoms with van der Waals surface area (Å²) in [6, 6.07) is 4.89. The average molecular weight is 693 g/mol. The number of nitrogens with one attached hydrogen (secondary N) is 2. The summed E-state index contributed by atoms with van der Waals surface area (Å²) in [4.78, 5) is 17.6. The molecule has 1 unspecified atom stereocenters. The Kier molecular flexibility index (Phi) is 10.6. The summed E-state index contributed by atoms with van der Waals surface area (Å²) >= 11 is 0. The number of hydrogen-bond donors (Lipinski definition) is 2. The molecule has 2 N–H and O–H groups in total. The first-order chi connectivity index (χ1) is 21.0. The van der Waals surface area contributed by atoms with Crippen LogP contribution in [-0.2, 0) is 27.2 Å². The van der Waals surface area contributed by atoms with Gasteiger partial charge in [0.1, 0.15) is 12.6 Å². The standard InChI is InChI=1S/C32H49F5N4O3SSi/c1-29(2,3)45(43)40-24(18-30(4,5)32(35,36)37)28-38-23-12-11-21(15-25(23)41(28)19-44-13-14-46(6,7)8)27(20-9-10-20)39-26(42)16-22-17-31(22,33)34/h11-12,15,20,22,24,27,40H,9-10,13-14,16-19H2,1-8H3,(H,39,42)/t22?,24-,27+,45+/m0/s1. The van der Waals surface area contributed by atoms with E-state index in [2.05, 4.69) is 29.7 Å². The zero-order chi connectivity index (χ0) is 34.5. The van der Waals surface area contributed by atoms with Crippen LogP contribution in [0.15, 0.2) is 18.2 Å². The van der Waals surface area contributed by atoms with Crippen LogP contribution in [0.4, 0.5) is 22.0 Å². The summed E-state index contributed by atoms with van der Waals surface area (Å²) in [5.74, 6) is -3.72. The Morgan fingerprint density at radius 3 is 2.30 bits per heavy atom. The topological polar surface area (TPSA) is 85.3 Å². The van der Waals surface area contributed by atoms with Crippen molar-refractivity contribution in [3.8, 4) is 0 Å². The van der Waals surface area contributed by atoms with E-state index in [1.165, 1.54) is 0 Å². The maximum atomic E-state index is 14.2. The lowest BCUT2D eigenvalue weighted by atomic mass is 9.85. The Bertz CT molecular complexity index is 1430. The number of rotatable bonds is 15. The summed E-state index contributed by atoms with van der Waals surface area (Å²) in [5.41, 5.74) is -0.241. The highest BCUT2D eigenvalue weighted by molar-refractivity contribution is 7.84. The highest BCUT2D eigenvalue weighted by Crippen LogP contribution is 2.51. The van der Waals surface area contributed by atoms with Gasteiger partial charge in [-0.3, -0.25) is 4.79 Å². The van der Waals surface area contributed by atoms with Crippen LogP contribution in [-0.4, -0.2) is 51.2 Å². The molecule has 1 heterocycles. The molecule has 4 atom stereocenters. The second kappa shape index (κ2) is 13.2. The molecule has 4 rings (SSSR count). The van der Waals surface area contributed by atoms with Crippen LogP contribution in [0.5, 0.6) is 0 Å². The van der Waals surface area contributed by atoms with Gasteiger partial charge in [-0.15, -0.1) is 0 Å². The van der Waals surface area contributed by atoms with Crippen molar-refractivity contribution in [1.29, 1.82) is 0 Å². The fourth-order valence-electron chi connectivity index (χ4n) is 5.26. The normalized spacial score (nSPS) is 20.8. The molecular weight excluding hydrogens is 644 g/mol. The third-order valence-corrected chi connectivity index (χ3v) is 12.1. The Labute approximate surface area is 272 Å². The number of imidazole rings is 1. The summed E-state index contributed by atoms with van der Waals surface area (Å²) in [5, 5.41) is 2.97. The lowest BCUT2D eigenvalue weighted by Crippen LogP contribution is -2.41. The van der Waals surface area contributed by atoms with Crippen molar-refractivity contribution in [3.63, 3.8) is 0 Å². The molecule has 0 radical (unpaired) electrons. The van der Waals surface area contributed by atoms with Gasteiger partial charge in [0.15, 0.2) is 0 Å². The summed E-state index contributed by atoms with van der Waals surface area (Å²) in [6.45, 7) is 14.6. The first-order valence-electron chi connectivity index (χ1n) is 16.0. The monoisotopic (exact) mass is 692 g/mol. The Balaban J connectivity index is 1.74. The van der Waals surface area contributed by atoms with E-state index in [1.54, 1.807) is 31.4 Å². The quantitative estimate of drug-likeness (QED) is 0.113. The van der Waals surface area contributed by atoms with Gasteiger partial charge in [-0.2, -0.15) is 13.2 Å². The highest BCUT2D eigenvalue weighted by Gasteiger charge is 2.57. The predicted molar refractivity (Wildman–Crippen MR) is 173 cm³/mol. The fraction of sp³-hybridized carbons (Fsp3) is 0.750. The van der Waals surface area contributed by atoms with Crippen molar-refractivity contribution in [2.75, 3.05) is 6.61 Å². The van der Waals surface area contributed by atoms with Gasteiger partial charge in [-0.25, -0.2) is 22.7 Å². The van der Waals surface area contributed by atoms with E-state index in [0.29, 0.717) is 17.6 Å². The van der Waals surface area contributed by atoms with E-state index in [9.17, 15) is 31.0 Å². The molecule has 0 aliphatic heterocycles. The van der Waals surface area contributed by atoms with Crippen molar-refractivity contribution >= 4 is 36.0 Å². The molecule has 0 saturated heterocycles. The summed E-state index contributed by atoms with van der Waals surface area (Å²) < 4.78 is 92.9. The SMILES string of the molecule is CC(C)(C)[S@@](=O)N[C@@H](CC(C)(C)C(F)(F)F)c1nc2ccc([C@H](NC(=O)CC3CC3(F)F)C3CC3)cc2n1COCC[Si](C)(C)C. The van der Waals surface area contributed by atoms with E-state index in [-0.39, 0.29) is 31.3 Å². The van der Waals surface area contributed by atoms with Crippen LogP contribution in [0.1, 0.15) is 90.2 Å². The number of carbonyl (C=O) groups excluding carboxylic acids is 1. The Morgan fingerprint density at radius 2 is 1.78 bits per heavy atom. The minimum Gasteiger partial charge on any atom is -0.361 e. The highest BCUT2D eigenvalue weighted by atomic mass is 32.2. The Hall–Kier alpha value is -1.90. The third kappa shape index (κ3) is 9.37. The lowest BCUT2D eigenvalue weighted by Gasteiger charge is -2.33. The molecule has 14 heteroatoms. The van der Waals surface area contributed by atoms with E-state index in [1.807, 2.05) is 12.1 Å². The van der Waals surface area contributed by atoms with Crippen molar-refractivity contribution in [2.45, 2.75) is 128 Å². The van der Waals surface area contributed by atoms with E-state index >= 15 is 0 Å². The Morgan fingerprint density at radius 1 is 1.15 bits per heavy atom. The number of nitrogens with zero attached hydrogens (tertiary/aromatic N) is 2. The smallest absolute Gasteiger partial charge is 0.361 e. The van der Waals surface area contributed by atoms with Gasteiger partial charge in [0.2, 0.25) is 5.91 Å². The molecule has 2 saturated carbocycles. The van der Waals surface area contributed by atoms with Crippen LogP contribution in [0.2, 0.25) is 25.7 Å². The lowest BCUT2D eigenvalue weighted by molar-refractivity contribution is -0.215. The second-order valence-corrected chi connectivity index (χ2v) is 23.5. The largest absolute Gasteiger partial charge is 0.394 e. The molecule has 2 fully saturated rings. The fourth-order valence-corrected chi connectivity index (χ4v) is 6.81.